The molecule has 0 aliphatic heterocycles. The quantitative estimate of drug-likeness (QED) is 0.260. The monoisotopic (exact) mass is 362 g/mol. The van der Waals surface area contributed by atoms with Crippen molar-refractivity contribution < 1.29 is 24.3 Å². The third-order valence-corrected chi connectivity index (χ3v) is 3.46. The first-order valence-corrected chi connectivity index (χ1v) is 8.19. The van der Waals surface area contributed by atoms with E-state index in [1.165, 1.54) is 6.92 Å². The Hall–Kier alpha value is -1.81. The van der Waals surface area contributed by atoms with Crippen LogP contribution in [0.1, 0.15) is 27.2 Å². The van der Waals surface area contributed by atoms with Gasteiger partial charge in [0.15, 0.2) is 0 Å². The Morgan fingerprint density at radius 3 is 1.96 bits per heavy atom. The van der Waals surface area contributed by atoms with Gasteiger partial charge in [0.05, 0.1) is 6.54 Å². The molecule has 0 saturated carbocycles. The number of rotatable bonds is 10. The number of hydrogen-bond donors (Lipinski definition) is 6. The Kier molecular flexibility index (Phi) is 10.0. The van der Waals surface area contributed by atoms with Crippen LogP contribution in [0.5, 0.6) is 0 Å². The molecule has 138 valence electrons. The van der Waals surface area contributed by atoms with Crippen LogP contribution in [0.25, 0.3) is 0 Å². The first-order valence-electron chi connectivity index (χ1n) is 7.56. The van der Waals surface area contributed by atoms with Crippen molar-refractivity contribution in [1.82, 2.24) is 16.0 Å². The topological polar surface area (TPSA) is 151 Å². The van der Waals surface area contributed by atoms with E-state index in [0.29, 0.717) is 0 Å². The van der Waals surface area contributed by atoms with Gasteiger partial charge in [-0.2, -0.15) is 12.6 Å². The van der Waals surface area contributed by atoms with Gasteiger partial charge in [0.1, 0.15) is 18.1 Å². The van der Waals surface area contributed by atoms with E-state index in [1.807, 2.05) is 13.8 Å². The summed E-state index contributed by atoms with van der Waals surface area (Å²) in [6.45, 7) is 4.85. The lowest BCUT2D eigenvalue weighted by atomic mass is 10.0. The van der Waals surface area contributed by atoms with E-state index in [-0.39, 0.29) is 24.6 Å². The SMILES string of the molecule is CC(C)CC(NC(=O)C(CS)NC(=O)C(C)NC(=O)CN)C(=O)O. The Labute approximate surface area is 146 Å². The molecule has 0 fully saturated rings. The molecule has 0 saturated heterocycles. The second-order valence-corrected chi connectivity index (χ2v) is 6.13. The van der Waals surface area contributed by atoms with Crippen LogP contribution in [-0.2, 0) is 19.2 Å². The van der Waals surface area contributed by atoms with E-state index in [2.05, 4.69) is 28.6 Å². The number of amides is 3. The minimum Gasteiger partial charge on any atom is -0.480 e. The fourth-order valence-electron chi connectivity index (χ4n) is 1.82. The zero-order valence-corrected chi connectivity index (χ0v) is 14.9. The number of carbonyl (C=O) groups is 4. The van der Waals surface area contributed by atoms with Crippen LogP contribution in [0.3, 0.4) is 0 Å². The molecule has 24 heavy (non-hydrogen) atoms. The van der Waals surface area contributed by atoms with Gasteiger partial charge in [0.2, 0.25) is 17.7 Å². The summed E-state index contributed by atoms with van der Waals surface area (Å²) in [4.78, 5) is 46.5. The van der Waals surface area contributed by atoms with Crippen LogP contribution in [-0.4, -0.2) is 59.2 Å². The lowest BCUT2D eigenvalue weighted by molar-refractivity contribution is -0.142. The molecule has 10 heteroatoms. The van der Waals surface area contributed by atoms with Crippen molar-refractivity contribution in [3.05, 3.63) is 0 Å². The fraction of sp³-hybridized carbons (Fsp3) is 0.714. The molecular weight excluding hydrogens is 336 g/mol. The molecule has 0 spiro atoms. The number of nitrogens with two attached hydrogens (primary N) is 1. The van der Waals surface area contributed by atoms with Gasteiger partial charge in [0, 0.05) is 5.75 Å². The van der Waals surface area contributed by atoms with Crippen molar-refractivity contribution in [2.45, 2.75) is 45.3 Å². The van der Waals surface area contributed by atoms with Gasteiger partial charge in [-0.1, -0.05) is 13.8 Å². The maximum atomic E-state index is 12.2. The van der Waals surface area contributed by atoms with Crippen molar-refractivity contribution >= 4 is 36.3 Å². The van der Waals surface area contributed by atoms with Crippen LogP contribution in [0.2, 0.25) is 0 Å². The van der Waals surface area contributed by atoms with Crippen LogP contribution < -0.4 is 21.7 Å². The Balaban J connectivity index is 4.76. The molecule has 0 aromatic carbocycles. The molecule has 6 N–H and O–H groups in total. The highest BCUT2D eigenvalue weighted by atomic mass is 32.1. The summed E-state index contributed by atoms with van der Waals surface area (Å²) >= 11 is 4.00. The third-order valence-electron chi connectivity index (χ3n) is 3.09. The molecule has 0 aromatic rings. The number of carboxylic acid groups (broad SMARTS) is 1. The maximum absolute atomic E-state index is 12.2. The molecule has 3 atom stereocenters. The van der Waals surface area contributed by atoms with Gasteiger partial charge in [0.25, 0.3) is 0 Å². The van der Waals surface area contributed by atoms with Crippen LogP contribution in [0, 0.1) is 5.92 Å². The molecule has 3 unspecified atom stereocenters. The minimum atomic E-state index is -1.15. The molecule has 3 amide bonds. The average molecular weight is 362 g/mol. The van der Waals surface area contributed by atoms with E-state index in [9.17, 15) is 19.2 Å². The molecule has 0 aliphatic rings. The number of aliphatic carboxylic acids is 1. The molecule has 0 aliphatic carbocycles. The zero-order valence-electron chi connectivity index (χ0n) is 14.0. The maximum Gasteiger partial charge on any atom is 0.326 e. The summed E-state index contributed by atoms with van der Waals surface area (Å²) in [5, 5.41) is 16.3. The van der Waals surface area contributed by atoms with Gasteiger partial charge in [-0.25, -0.2) is 4.79 Å². The number of carboxylic acids is 1. The fourth-order valence-corrected chi connectivity index (χ4v) is 2.08. The second-order valence-electron chi connectivity index (χ2n) is 5.77. The minimum absolute atomic E-state index is 0.0247. The van der Waals surface area contributed by atoms with Crippen molar-refractivity contribution in [2.75, 3.05) is 12.3 Å². The lowest BCUT2D eigenvalue weighted by Gasteiger charge is -2.22. The summed E-state index contributed by atoms with van der Waals surface area (Å²) in [5.74, 6) is -2.85. The van der Waals surface area contributed by atoms with E-state index >= 15 is 0 Å². The predicted octanol–water partition coefficient (Wildman–Crippen LogP) is -1.52. The summed E-state index contributed by atoms with van der Waals surface area (Å²) in [7, 11) is 0. The number of carbonyl (C=O) groups excluding carboxylic acids is 3. The Morgan fingerprint density at radius 2 is 1.54 bits per heavy atom. The van der Waals surface area contributed by atoms with E-state index in [4.69, 9.17) is 10.8 Å². The van der Waals surface area contributed by atoms with Crippen LogP contribution in [0.15, 0.2) is 0 Å². The number of hydrogen-bond acceptors (Lipinski definition) is 6. The van der Waals surface area contributed by atoms with Gasteiger partial charge in [-0.05, 0) is 19.3 Å². The van der Waals surface area contributed by atoms with Crippen molar-refractivity contribution in [1.29, 1.82) is 0 Å². The van der Waals surface area contributed by atoms with E-state index < -0.39 is 41.8 Å². The second kappa shape index (κ2) is 10.9. The highest BCUT2D eigenvalue weighted by Gasteiger charge is 2.27. The predicted molar refractivity (Wildman–Crippen MR) is 91.5 cm³/mol. The van der Waals surface area contributed by atoms with Gasteiger partial charge < -0.3 is 26.8 Å². The average Bonchev–Trinajstić information content (AvgIpc) is 2.50. The molecule has 0 radical (unpaired) electrons. The van der Waals surface area contributed by atoms with Crippen LogP contribution >= 0.6 is 12.6 Å². The van der Waals surface area contributed by atoms with Crippen LogP contribution in [0.4, 0.5) is 0 Å². The Morgan fingerprint density at radius 1 is 1.00 bits per heavy atom. The van der Waals surface area contributed by atoms with Gasteiger partial charge in [-0.15, -0.1) is 0 Å². The summed E-state index contributed by atoms with van der Waals surface area (Å²) in [5.41, 5.74) is 5.14. The first kappa shape index (κ1) is 22.2. The molecule has 0 aromatic heterocycles. The van der Waals surface area contributed by atoms with Crippen molar-refractivity contribution in [3.8, 4) is 0 Å². The zero-order chi connectivity index (χ0) is 18.9. The number of thiol groups is 1. The standard InChI is InChI=1S/C14H26N4O5S/c1-7(2)4-9(14(22)23)17-13(21)10(6-24)18-12(20)8(3)16-11(19)5-15/h7-10,24H,4-6,15H2,1-3H3,(H,16,19)(H,17,21)(H,18,20)(H,22,23). The smallest absolute Gasteiger partial charge is 0.326 e. The molecular formula is C14H26N4O5S. The largest absolute Gasteiger partial charge is 0.480 e. The number of nitrogens with one attached hydrogen (secondary N) is 3. The molecule has 0 bridgehead atoms. The molecule has 9 nitrogen and oxygen atoms in total. The third kappa shape index (κ3) is 8.16. The van der Waals surface area contributed by atoms with Crippen molar-refractivity contribution in [3.63, 3.8) is 0 Å². The van der Waals surface area contributed by atoms with Gasteiger partial charge >= 0.3 is 5.97 Å². The lowest BCUT2D eigenvalue weighted by Crippen LogP contribution is -2.56. The molecule has 0 rings (SSSR count). The van der Waals surface area contributed by atoms with E-state index in [1.54, 1.807) is 0 Å². The normalized spacial score (nSPS) is 14.4. The van der Waals surface area contributed by atoms with Gasteiger partial charge in [-0.3, -0.25) is 14.4 Å². The molecule has 0 heterocycles. The summed E-state index contributed by atoms with van der Waals surface area (Å²) in [6, 6.07) is -2.96. The summed E-state index contributed by atoms with van der Waals surface area (Å²) < 4.78 is 0. The summed E-state index contributed by atoms with van der Waals surface area (Å²) in [6.07, 6.45) is 0.261. The van der Waals surface area contributed by atoms with E-state index in [0.717, 1.165) is 0 Å². The highest BCUT2D eigenvalue weighted by molar-refractivity contribution is 7.80. The highest BCUT2D eigenvalue weighted by Crippen LogP contribution is 2.05. The Bertz CT molecular complexity index is 472. The first-order chi connectivity index (χ1) is 11.1. The van der Waals surface area contributed by atoms with Crippen molar-refractivity contribution in [2.24, 2.45) is 11.7 Å².